The number of alkyl halides is 1. The molecule has 1 atom stereocenters. The third-order valence-electron chi connectivity index (χ3n) is 4.75. The molecular weight excluding hydrogens is 421 g/mol. The van der Waals surface area contributed by atoms with Crippen LogP contribution in [0.5, 0.6) is 0 Å². The molecule has 0 radical (unpaired) electrons. The molecule has 0 aliphatic rings. The van der Waals surface area contributed by atoms with Gasteiger partial charge >= 0.3 is 0 Å². The van der Waals surface area contributed by atoms with Gasteiger partial charge in [-0.2, -0.15) is 8.42 Å². The van der Waals surface area contributed by atoms with Crippen LogP contribution in [0, 0.1) is 0 Å². The Labute approximate surface area is 184 Å². The molecule has 0 bridgehead atoms. The highest BCUT2D eigenvalue weighted by molar-refractivity contribution is 7.85. The summed E-state index contributed by atoms with van der Waals surface area (Å²) in [5.74, 6) is 0. The third-order valence-corrected chi connectivity index (χ3v) is 5.34. The summed E-state index contributed by atoms with van der Waals surface area (Å²) in [6.45, 7) is 3.98. The first kappa shape index (κ1) is 25.4. The van der Waals surface area contributed by atoms with Gasteiger partial charge in [0.15, 0.2) is 0 Å². The molecule has 2 rings (SSSR count). The molecule has 1 N–H and O–H groups in total. The standard InChI is InChI=1S/C23H32FNO5S/c1-23(2,29-16-14-28-15-17-30-31(3,26)27)21(24)18-25-22(19-10-6-4-7-11-19)20-12-8-5-9-13-20/h4-13,21-22,25H,14-18H2,1-3H3. The second-order valence-corrected chi connectivity index (χ2v) is 9.36. The van der Waals surface area contributed by atoms with Crippen LogP contribution in [0.3, 0.4) is 0 Å². The fourth-order valence-corrected chi connectivity index (χ4v) is 3.36. The maximum Gasteiger partial charge on any atom is 0.264 e. The van der Waals surface area contributed by atoms with Crippen molar-refractivity contribution in [2.24, 2.45) is 0 Å². The van der Waals surface area contributed by atoms with Gasteiger partial charge in [-0.25, -0.2) is 4.39 Å². The molecule has 0 aliphatic heterocycles. The minimum Gasteiger partial charge on any atom is -0.377 e. The quantitative estimate of drug-likeness (QED) is 0.349. The Kier molecular flexibility index (Phi) is 10.1. The lowest BCUT2D eigenvalue weighted by atomic mass is 9.97. The van der Waals surface area contributed by atoms with E-state index in [-0.39, 0.29) is 39.0 Å². The lowest BCUT2D eigenvalue weighted by molar-refractivity contribution is -0.0881. The van der Waals surface area contributed by atoms with Crippen LogP contribution in [0.4, 0.5) is 4.39 Å². The Hall–Kier alpha value is -1.84. The summed E-state index contributed by atoms with van der Waals surface area (Å²) in [4.78, 5) is 0. The summed E-state index contributed by atoms with van der Waals surface area (Å²) in [7, 11) is -3.47. The van der Waals surface area contributed by atoms with Gasteiger partial charge in [0.25, 0.3) is 10.1 Å². The molecule has 2 aromatic rings. The normalized spacial score (nSPS) is 13.5. The Morgan fingerprint density at radius 2 is 1.42 bits per heavy atom. The van der Waals surface area contributed by atoms with Crippen LogP contribution < -0.4 is 5.32 Å². The molecule has 172 valence electrons. The van der Waals surface area contributed by atoms with Crippen molar-refractivity contribution in [3.8, 4) is 0 Å². The van der Waals surface area contributed by atoms with Crippen LogP contribution in [0.2, 0.25) is 0 Å². The predicted octanol–water partition coefficient (Wildman–Crippen LogP) is 3.49. The van der Waals surface area contributed by atoms with Gasteiger partial charge in [-0.05, 0) is 25.0 Å². The van der Waals surface area contributed by atoms with E-state index in [4.69, 9.17) is 9.47 Å². The van der Waals surface area contributed by atoms with Crippen molar-refractivity contribution in [1.82, 2.24) is 5.32 Å². The van der Waals surface area contributed by atoms with E-state index in [0.717, 1.165) is 17.4 Å². The number of nitrogens with one attached hydrogen (secondary N) is 1. The first-order chi connectivity index (χ1) is 14.7. The SMILES string of the molecule is CC(C)(OCCOCCOS(C)(=O)=O)C(F)CNC(c1ccccc1)c1ccccc1. The third kappa shape index (κ3) is 9.45. The Morgan fingerprint density at radius 1 is 0.903 bits per heavy atom. The van der Waals surface area contributed by atoms with Crippen molar-refractivity contribution in [3.05, 3.63) is 71.8 Å². The summed E-state index contributed by atoms with van der Waals surface area (Å²) < 4.78 is 52.3. The van der Waals surface area contributed by atoms with Gasteiger partial charge in [0.05, 0.1) is 44.3 Å². The lowest BCUT2D eigenvalue weighted by Crippen LogP contribution is -2.44. The zero-order valence-corrected chi connectivity index (χ0v) is 19.1. The van der Waals surface area contributed by atoms with Crippen molar-refractivity contribution in [1.29, 1.82) is 0 Å². The highest BCUT2D eigenvalue weighted by Crippen LogP contribution is 2.24. The molecule has 2 aromatic carbocycles. The zero-order valence-electron chi connectivity index (χ0n) is 18.3. The topological polar surface area (TPSA) is 73.9 Å². The second-order valence-electron chi connectivity index (χ2n) is 7.72. The van der Waals surface area contributed by atoms with Crippen LogP contribution >= 0.6 is 0 Å². The molecule has 8 heteroatoms. The Bertz CT molecular complexity index is 823. The van der Waals surface area contributed by atoms with E-state index in [0.29, 0.717) is 0 Å². The molecule has 0 saturated carbocycles. The van der Waals surface area contributed by atoms with Gasteiger partial charge in [-0.3, -0.25) is 4.18 Å². The van der Waals surface area contributed by atoms with Crippen LogP contribution in [-0.4, -0.2) is 59.4 Å². The molecule has 0 heterocycles. The summed E-state index contributed by atoms with van der Waals surface area (Å²) in [6, 6.07) is 19.7. The minimum absolute atomic E-state index is 0.0573. The van der Waals surface area contributed by atoms with Crippen molar-refractivity contribution in [3.63, 3.8) is 0 Å². The molecule has 1 unspecified atom stereocenters. The van der Waals surface area contributed by atoms with Crippen molar-refractivity contribution in [2.75, 3.05) is 39.2 Å². The van der Waals surface area contributed by atoms with Gasteiger partial charge in [0, 0.05) is 6.54 Å². The predicted molar refractivity (Wildman–Crippen MR) is 119 cm³/mol. The number of benzene rings is 2. The zero-order chi connectivity index (χ0) is 22.7. The van der Waals surface area contributed by atoms with Gasteiger partial charge in [0.1, 0.15) is 6.17 Å². The van der Waals surface area contributed by atoms with Crippen molar-refractivity contribution in [2.45, 2.75) is 31.7 Å². The van der Waals surface area contributed by atoms with Crippen LogP contribution in [0.25, 0.3) is 0 Å². The summed E-state index contributed by atoms with van der Waals surface area (Å²) in [5.41, 5.74) is 1.10. The number of hydrogen-bond acceptors (Lipinski definition) is 6. The maximum absolute atomic E-state index is 15.0. The fourth-order valence-electron chi connectivity index (χ4n) is 2.99. The Balaban J connectivity index is 1.82. The van der Waals surface area contributed by atoms with E-state index in [1.807, 2.05) is 60.7 Å². The molecule has 0 fully saturated rings. The van der Waals surface area contributed by atoms with Gasteiger partial charge in [-0.15, -0.1) is 0 Å². The van der Waals surface area contributed by atoms with Crippen molar-refractivity contribution >= 4 is 10.1 Å². The van der Waals surface area contributed by atoms with E-state index in [1.165, 1.54) is 0 Å². The van der Waals surface area contributed by atoms with E-state index >= 15 is 4.39 Å². The van der Waals surface area contributed by atoms with E-state index in [9.17, 15) is 8.42 Å². The van der Waals surface area contributed by atoms with Gasteiger partial charge in [0.2, 0.25) is 0 Å². The average Bonchev–Trinajstić information content (AvgIpc) is 2.73. The van der Waals surface area contributed by atoms with E-state index in [2.05, 4.69) is 9.50 Å². The first-order valence-corrected chi connectivity index (χ1v) is 12.0. The van der Waals surface area contributed by atoms with Crippen molar-refractivity contribution < 1.29 is 26.5 Å². The molecule has 6 nitrogen and oxygen atoms in total. The molecule has 0 spiro atoms. The van der Waals surface area contributed by atoms with Crippen LogP contribution in [-0.2, 0) is 23.8 Å². The van der Waals surface area contributed by atoms with E-state index in [1.54, 1.807) is 13.8 Å². The molecule has 0 aromatic heterocycles. The summed E-state index contributed by atoms with van der Waals surface area (Å²) in [5, 5.41) is 3.33. The smallest absolute Gasteiger partial charge is 0.264 e. The summed E-state index contributed by atoms with van der Waals surface area (Å²) in [6.07, 6.45) is -0.273. The molecular formula is C23H32FNO5S. The van der Waals surface area contributed by atoms with Crippen LogP contribution in [0.15, 0.2) is 60.7 Å². The number of hydrogen-bond donors (Lipinski definition) is 1. The van der Waals surface area contributed by atoms with Gasteiger partial charge < -0.3 is 14.8 Å². The fraction of sp³-hybridized carbons (Fsp3) is 0.478. The minimum atomic E-state index is -3.47. The molecule has 0 amide bonds. The first-order valence-electron chi connectivity index (χ1n) is 10.2. The maximum atomic E-state index is 15.0. The largest absolute Gasteiger partial charge is 0.377 e. The van der Waals surface area contributed by atoms with E-state index < -0.39 is 21.9 Å². The summed E-state index contributed by atoms with van der Waals surface area (Å²) >= 11 is 0. The second kappa shape index (κ2) is 12.3. The highest BCUT2D eigenvalue weighted by Gasteiger charge is 2.31. The van der Waals surface area contributed by atoms with Gasteiger partial charge in [-0.1, -0.05) is 60.7 Å². The average molecular weight is 454 g/mol. The number of ether oxygens (including phenoxy) is 2. The molecule has 31 heavy (non-hydrogen) atoms. The van der Waals surface area contributed by atoms with Crippen LogP contribution in [0.1, 0.15) is 31.0 Å². The lowest BCUT2D eigenvalue weighted by Gasteiger charge is -2.31. The highest BCUT2D eigenvalue weighted by atomic mass is 32.2. The Morgan fingerprint density at radius 3 is 1.94 bits per heavy atom. The molecule has 0 saturated heterocycles. The monoisotopic (exact) mass is 453 g/mol. The number of rotatable bonds is 14. The molecule has 0 aliphatic carbocycles. The number of halogens is 1.